The van der Waals surface area contributed by atoms with Crippen molar-refractivity contribution in [2.45, 2.75) is 25.5 Å². The first-order chi connectivity index (χ1) is 5.72. The van der Waals surface area contributed by atoms with Crippen molar-refractivity contribution in [1.29, 1.82) is 0 Å². The van der Waals surface area contributed by atoms with Gasteiger partial charge in [0, 0.05) is 24.1 Å². The summed E-state index contributed by atoms with van der Waals surface area (Å²) in [7, 11) is 0. The second-order valence-corrected chi connectivity index (χ2v) is 5.13. The van der Waals surface area contributed by atoms with E-state index < -0.39 is 0 Å². The molecular weight excluding hydrogens is 170 g/mol. The molecule has 3 heteroatoms. The van der Waals surface area contributed by atoms with Gasteiger partial charge in [0.2, 0.25) is 6.41 Å². The van der Waals surface area contributed by atoms with E-state index in [2.05, 4.69) is 13.8 Å². The van der Waals surface area contributed by atoms with Crippen LogP contribution in [0.5, 0.6) is 0 Å². The summed E-state index contributed by atoms with van der Waals surface area (Å²) in [4.78, 5) is 12.4. The fraction of sp³-hybridized carbons (Fsp3) is 0.889. The van der Waals surface area contributed by atoms with Crippen LogP contribution in [0.25, 0.3) is 0 Å². The molecule has 0 aromatic rings. The van der Waals surface area contributed by atoms with Gasteiger partial charge in [-0.25, -0.2) is 0 Å². The summed E-state index contributed by atoms with van der Waals surface area (Å²) in [6.45, 7) is 6.36. The molecule has 1 atom stereocenters. The average molecular weight is 187 g/mol. The van der Waals surface area contributed by atoms with Crippen LogP contribution in [0.2, 0.25) is 0 Å². The van der Waals surface area contributed by atoms with Crippen molar-refractivity contribution in [3.05, 3.63) is 0 Å². The van der Waals surface area contributed by atoms with Gasteiger partial charge < -0.3 is 4.90 Å². The monoisotopic (exact) mass is 187 g/mol. The molecule has 2 nitrogen and oxygen atoms in total. The van der Waals surface area contributed by atoms with E-state index >= 15 is 0 Å². The quantitative estimate of drug-likeness (QED) is 0.626. The van der Waals surface area contributed by atoms with Crippen molar-refractivity contribution in [3.8, 4) is 0 Å². The first-order valence-corrected chi connectivity index (χ1v) is 5.58. The number of carbonyl (C=O) groups excluding carboxylic acids is 1. The number of amides is 1. The Labute approximate surface area is 78.7 Å². The SMILES string of the molecule is CC(C)CC1CN(C=O)CCS1. The molecule has 0 saturated carbocycles. The van der Waals surface area contributed by atoms with Gasteiger partial charge in [0.1, 0.15) is 0 Å². The number of hydrogen-bond acceptors (Lipinski definition) is 2. The Kier molecular flexibility index (Phi) is 3.92. The van der Waals surface area contributed by atoms with Crippen molar-refractivity contribution in [2.75, 3.05) is 18.8 Å². The normalized spacial score (nSPS) is 24.6. The molecule has 1 fully saturated rings. The molecule has 0 aromatic carbocycles. The van der Waals surface area contributed by atoms with Crippen LogP contribution in [0.4, 0.5) is 0 Å². The average Bonchev–Trinajstić information content (AvgIpc) is 2.03. The van der Waals surface area contributed by atoms with E-state index in [1.54, 1.807) is 0 Å². The van der Waals surface area contributed by atoms with Crippen molar-refractivity contribution < 1.29 is 4.79 Å². The number of hydrogen-bond donors (Lipinski definition) is 0. The molecule has 0 N–H and O–H groups in total. The van der Waals surface area contributed by atoms with Gasteiger partial charge in [-0.2, -0.15) is 11.8 Å². The molecule has 0 bridgehead atoms. The van der Waals surface area contributed by atoms with Crippen LogP contribution >= 0.6 is 11.8 Å². The smallest absolute Gasteiger partial charge is 0.209 e. The summed E-state index contributed by atoms with van der Waals surface area (Å²) >= 11 is 2.01. The van der Waals surface area contributed by atoms with E-state index in [9.17, 15) is 4.79 Å². The highest BCUT2D eigenvalue weighted by atomic mass is 32.2. The highest BCUT2D eigenvalue weighted by Crippen LogP contribution is 2.23. The van der Waals surface area contributed by atoms with Gasteiger partial charge in [0.25, 0.3) is 0 Å². The molecule has 1 aliphatic heterocycles. The lowest BCUT2D eigenvalue weighted by Crippen LogP contribution is -2.37. The van der Waals surface area contributed by atoms with Crippen LogP contribution in [-0.2, 0) is 4.79 Å². The van der Waals surface area contributed by atoms with Crippen LogP contribution in [0, 0.1) is 5.92 Å². The molecule has 1 aliphatic rings. The molecule has 1 unspecified atom stereocenters. The minimum absolute atomic E-state index is 0.670. The van der Waals surface area contributed by atoms with Gasteiger partial charge in [-0.3, -0.25) is 4.79 Å². The maximum absolute atomic E-state index is 10.5. The lowest BCUT2D eigenvalue weighted by Gasteiger charge is -2.30. The second kappa shape index (κ2) is 4.75. The van der Waals surface area contributed by atoms with Crippen molar-refractivity contribution in [2.24, 2.45) is 5.92 Å². The molecule has 12 heavy (non-hydrogen) atoms. The Morgan fingerprint density at radius 3 is 3.00 bits per heavy atom. The first-order valence-electron chi connectivity index (χ1n) is 4.53. The van der Waals surface area contributed by atoms with E-state index in [0.717, 1.165) is 31.2 Å². The minimum atomic E-state index is 0.670. The van der Waals surface area contributed by atoms with Gasteiger partial charge in [0.05, 0.1) is 0 Å². The highest BCUT2D eigenvalue weighted by Gasteiger charge is 2.19. The van der Waals surface area contributed by atoms with Gasteiger partial charge in [-0.1, -0.05) is 13.8 Å². The summed E-state index contributed by atoms with van der Waals surface area (Å²) in [6.07, 6.45) is 2.21. The fourth-order valence-corrected chi connectivity index (χ4v) is 3.00. The Balaban J connectivity index is 2.30. The van der Waals surface area contributed by atoms with Gasteiger partial charge in [-0.05, 0) is 12.3 Å². The fourth-order valence-electron chi connectivity index (χ4n) is 1.51. The molecule has 1 rings (SSSR count). The lowest BCUT2D eigenvalue weighted by molar-refractivity contribution is -0.118. The van der Waals surface area contributed by atoms with Crippen molar-refractivity contribution >= 4 is 18.2 Å². The van der Waals surface area contributed by atoms with Crippen LogP contribution in [-0.4, -0.2) is 35.4 Å². The van der Waals surface area contributed by atoms with E-state index in [1.807, 2.05) is 16.7 Å². The molecule has 70 valence electrons. The van der Waals surface area contributed by atoms with Gasteiger partial charge >= 0.3 is 0 Å². The van der Waals surface area contributed by atoms with Crippen molar-refractivity contribution in [1.82, 2.24) is 4.90 Å². The van der Waals surface area contributed by atoms with E-state index in [4.69, 9.17) is 0 Å². The zero-order valence-electron chi connectivity index (χ0n) is 7.82. The van der Waals surface area contributed by atoms with Crippen LogP contribution in [0.3, 0.4) is 0 Å². The number of rotatable bonds is 3. The number of nitrogens with zero attached hydrogens (tertiary/aromatic N) is 1. The molecule has 0 spiro atoms. The molecule has 1 saturated heterocycles. The Hall–Kier alpha value is -0.180. The summed E-state index contributed by atoms with van der Waals surface area (Å²) in [5.74, 6) is 1.85. The molecular formula is C9H17NOS. The Morgan fingerprint density at radius 2 is 2.42 bits per heavy atom. The third-order valence-electron chi connectivity index (χ3n) is 2.05. The zero-order valence-corrected chi connectivity index (χ0v) is 8.64. The predicted octanol–water partition coefficient (Wildman–Crippen LogP) is 1.61. The van der Waals surface area contributed by atoms with Crippen LogP contribution < -0.4 is 0 Å². The maximum Gasteiger partial charge on any atom is 0.209 e. The molecule has 1 amide bonds. The van der Waals surface area contributed by atoms with Crippen LogP contribution in [0.15, 0.2) is 0 Å². The summed E-state index contributed by atoms with van der Waals surface area (Å²) in [5, 5.41) is 0.670. The van der Waals surface area contributed by atoms with Crippen LogP contribution in [0.1, 0.15) is 20.3 Å². The van der Waals surface area contributed by atoms with Crippen molar-refractivity contribution in [3.63, 3.8) is 0 Å². The van der Waals surface area contributed by atoms with E-state index in [1.165, 1.54) is 6.42 Å². The zero-order chi connectivity index (χ0) is 8.97. The van der Waals surface area contributed by atoms with E-state index in [-0.39, 0.29) is 0 Å². The summed E-state index contributed by atoms with van der Waals surface area (Å²) < 4.78 is 0. The molecule has 1 heterocycles. The molecule has 0 aromatic heterocycles. The minimum Gasteiger partial charge on any atom is -0.343 e. The summed E-state index contributed by atoms with van der Waals surface area (Å²) in [5.41, 5.74) is 0. The first kappa shape index (κ1) is 9.90. The molecule has 0 aliphatic carbocycles. The highest BCUT2D eigenvalue weighted by molar-refractivity contribution is 8.00. The molecule has 0 radical (unpaired) electrons. The largest absolute Gasteiger partial charge is 0.343 e. The third-order valence-corrected chi connectivity index (χ3v) is 3.28. The maximum atomic E-state index is 10.5. The van der Waals surface area contributed by atoms with E-state index in [0.29, 0.717) is 5.25 Å². The number of thioether (sulfide) groups is 1. The Morgan fingerprint density at radius 1 is 1.67 bits per heavy atom. The van der Waals surface area contributed by atoms with Gasteiger partial charge in [-0.15, -0.1) is 0 Å². The third kappa shape index (κ3) is 3.05. The summed E-state index contributed by atoms with van der Waals surface area (Å²) in [6, 6.07) is 0. The predicted molar refractivity (Wildman–Crippen MR) is 53.3 cm³/mol. The number of carbonyl (C=O) groups is 1. The topological polar surface area (TPSA) is 20.3 Å². The standard InChI is InChI=1S/C9H17NOS/c1-8(2)5-9-6-10(7-11)3-4-12-9/h7-9H,3-6H2,1-2H3. The second-order valence-electron chi connectivity index (χ2n) is 3.72. The lowest BCUT2D eigenvalue weighted by atomic mass is 10.1. The Bertz CT molecular complexity index is 149. The van der Waals surface area contributed by atoms with Gasteiger partial charge in [0.15, 0.2) is 0 Å².